The molecule has 0 aliphatic heterocycles. The Hall–Kier alpha value is -2.27. The molecule has 3 rings (SSSR count). The fourth-order valence-corrected chi connectivity index (χ4v) is 4.02. The lowest BCUT2D eigenvalue weighted by molar-refractivity contribution is -0.116. The molecule has 5 heteroatoms. The molecule has 152 valence electrons. The van der Waals surface area contributed by atoms with Crippen molar-refractivity contribution in [1.29, 1.82) is 0 Å². The fraction of sp³-hybridized carbons (Fsp3) is 0.522. The summed E-state index contributed by atoms with van der Waals surface area (Å²) in [5.41, 5.74) is 5.12. The Morgan fingerprint density at radius 3 is 2.79 bits per heavy atom. The molecule has 0 saturated carbocycles. The Morgan fingerprint density at radius 2 is 2.07 bits per heavy atom. The number of rotatable bonds is 7. The normalized spacial score (nSPS) is 14.4. The third-order valence-electron chi connectivity index (χ3n) is 5.48. The van der Waals surface area contributed by atoms with Crippen molar-refractivity contribution < 1.29 is 13.9 Å². The Balaban J connectivity index is 1.89. The van der Waals surface area contributed by atoms with E-state index < -0.39 is 0 Å². The molecule has 1 heterocycles. The molecular weight excluding hydrogens is 352 g/mol. The van der Waals surface area contributed by atoms with Gasteiger partial charge in [-0.1, -0.05) is 0 Å². The number of nitrogens with zero attached hydrogens (tertiary/aromatic N) is 1. The second-order valence-corrected chi connectivity index (χ2v) is 7.95. The first-order chi connectivity index (χ1) is 13.4. The van der Waals surface area contributed by atoms with Gasteiger partial charge in [0.15, 0.2) is 0 Å². The van der Waals surface area contributed by atoms with Crippen LogP contribution >= 0.6 is 0 Å². The summed E-state index contributed by atoms with van der Waals surface area (Å²) in [6.07, 6.45) is 7.05. The zero-order valence-corrected chi connectivity index (χ0v) is 17.8. The topological polar surface area (TPSA) is 54.7 Å². The van der Waals surface area contributed by atoms with Crippen LogP contribution in [0.15, 0.2) is 16.6 Å². The molecule has 1 aliphatic carbocycles. The van der Waals surface area contributed by atoms with E-state index in [0.717, 1.165) is 59.6 Å². The molecule has 0 saturated heterocycles. The van der Waals surface area contributed by atoms with Crippen molar-refractivity contribution in [2.45, 2.75) is 46.0 Å². The minimum atomic E-state index is -0.0646. The highest BCUT2D eigenvalue weighted by molar-refractivity contribution is 5.98. The summed E-state index contributed by atoms with van der Waals surface area (Å²) in [7, 11) is 5.74. The first-order valence-corrected chi connectivity index (χ1v) is 10.2. The van der Waals surface area contributed by atoms with Gasteiger partial charge in [-0.05, 0) is 71.8 Å². The van der Waals surface area contributed by atoms with Gasteiger partial charge < -0.3 is 19.4 Å². The number of allylic oxidation sites excluding steroid dienone is 1. The van der Waals surface area contributed by atoms with Crippen LogP contribution in [0.5, 0.6) is 5.75 Å². The van der Waals surface area contributed by atoms with Gasteiger partial charge in [0, 0.05) is 41.1 Å². The molecule has 5 nitrogen and oxygen atoms in total. The number of hydrogen-bond acceptors (Lipinski definition) is 4. The predicted molar refractivity (Wildman–Crippen MR) is 114 cm³/mol. The van der Waals surface area contributed by atoms with Gasteiger partial charge in [-0.3, -0.25) is 4.79 Å². The summed E-state index contributed by atoms with van der Waals surface area (Å²) in [5.74, 6) is 1.84. The van der Waals surface area contributed by atoms with Crippen LogP contribution in [0.1, 0.15) is 48.6 Å². The van der Waals surface area contributed by atoms with E-state index in [-0.39, 0.29) is 5.91 Å². The quantitative estimate of drug-likeness (QED) is 0.577. The Kier molecular flexibility index (Phi) is 6.45. The van der Waals surface area contributed by atoms with E-state index >= 15 is 0 Å². The second-order valence-electron chi connectivity index (χ2n) is 7.95. The van der Waals surface area contributed by atoms with Gasteiger partial charge in [-0.15, -0.1) is 0 Å². The highest BCUT2D eigenvalue weighted by atomic mass is 16.5. The number of ether oxygens (including phenoxy) is 1. The zero-order valence-electron chi connectivity index (χ0n) is 17.8. The van der Waals surface area contributed by atoms with Crippen molar-refractivity contribution in [2.24, 2.45) is 0 Å². The number of furan rings is 1. The highest BCUT2D eigenvalue weighted by Gasteiger charge is 2.23. The maximum Gasteiger partial charge on any atom is 0.244 e. The lowest BCUT2D eigenvalue weighted by Crippen LogP contribution is -2.25. The van der Waals surface area contributed by atoms with E-state index in [2.05, 4.69) is 16.3 Å². The predicted octanol–water partition coefficient (Wildman–Crippen LogP) is 4.10. The molecule has 0 radical (unpaired) electrons. The lowest BCUT2D eigenvalue weighted by Gasteiger charge is -2.14. The van der Waals surface area contributed by atoms with E-state index in [1.807, 2.05) is 27.9 Å². The lowest BCUT2D eigenvalue weighted by atomic mass is 9.93. The standard InChI is InChI=1S/C23H32N2O3/c1-15(13-21(26)24-11-8-12-25(3)4)18-14-19-17-9-6-7-10-20(17)28-23(19)16(2)22(18)27-5/h13-14H,6-12H2,1-5H3,(H,24,26)/b15-13+. The van der Waals surface area contributed by atoms with E-state index in [1.165, 1.54) is 23.8 Å². The summed E-state index contributed by atoms with van der Waals surface area (Å²) >= 11 is 0. The first-order valence-electron chi connectivity index (χ1n) is 10.2. The molecule has 28 heavy (non-hydrogen) atoms. The van der Waals surface area contributed by atoms with Gasteiger partial charge >= 0.3 is 0 Å². The van der Waals surface area contributed by atoms with E-state index in [4.69, 9.17) is 9.15 Å². The van der Waals surface area contributed by atoms with Crippen LogP contribution in [0, 0.1) is 6.92 Å². The highest BCUT2D eigenvalue weighted by Crippen LogP contribution is 2.40. The van der Waals surface area contributed by atoms with Crippen LogP contribution in [0.4, 0.5) is 0 Å². The van der Waals surface area contributed by atoms with Crippen LogP contribution in [0.2, 0.25) is 0 Å². The molecule has 1 aromatic carbocycles. The maximum atomic E-state index is 12.3. The van der Waals surface area contributed by atoms with Gasteiger partial charge in [0.1, 0.15) is 17.1 Å². The monoisotopic (exact) mass is 384 g/mol. The molecule has 1 N–H and O–H groups in total. The fourth-order valence-electron chi connectivity index (χ4n) is 4.02. The number of fused-ring (bicyclic) bond motifs is 3. The Morgan fingerprint density at radius 1 is 1.32 bits per heavy atom. The summed E-state index contributed by atoms with van der Waals surface area (Å²) in [4.78, 5) is 14.5. The molecule has 0 atom stereocenters. The first kappa shape index (κ1) is 20.5. The Bertz CT molecular complexity index is 893. The Labute approximate surface area is 167 Å². The number of nitrogens with one attached hydrogen (secondary N) is 1. The summed E-state index contributed by atoms with van der Waals surface area (Å²) in [6, 6.07) is 2.14. The minimum Gasteiger partial charge on any atom is -0.496 e. The minimum absolute atomic E-state index is 0.0646. The average Bonchev–Trinajstić information content (AvgIpc) is 3.04. The van der Waals surface area contributed by atoms with Crippen molar-refractivity contribution in [1.82, 2.24) is 10.2 Å². The molecule has 0 fully saturated rings. The number of hydrogen-bond donors (Lipinski definition) is 1. The molecule has 2 aromatic rings. The number of aryl methyl sites for hydroxylation is 3. The number of carbonyl (C=O) groups excluding carboxylic acids is 1. The molecule has 1 aliphatic rings. The molecule has 1 aromatic heterocycles. The molecule has 0 bridgehead atoms. The van der Waals surface area contributed by atoms with Crippen LogP contribution in [-0.2, 0) is 17.6 Å². The molecule has 1 amide bonds. The van der Waals surface area contributed by atoms with E-state index in [1.54, 1.807) is 13.2 Å². The van der Waals surface area contributed by atoms with Crippen LogP contribution in [-0.4, -0.2) is 45.1 Å². The summed E-state index contributed by atoms with van der Waals surface area (Å²) in [5, 5.41) is 4.14. The summed E-state index contributed by atoms with van der Waals surface area (Å²) < 4.78 is 11.9. The number of carbonyl (C=O) groups is 1. The van der Waals surface area contributed by atoms with Gasteiger partial charge in [0.2, 0.25) is 5.91 Å². The SMILES string of the molecule is COc1c(/C(C)=C/C(=O)NCCCN(C)C)cc2c3c(oc2c1C)CCCC3. The maximum absolute atomic E-state index is 12.3. The van der Waals surface area contributed by atoms with Crippen molar-refractivity contribution in [3.63, 3.8) is 0 Å². The van der Waals surface area contributed by atoms with Crippen molar-refractivity contribution in [3.05, 3.63) is 34.6 Å². The largest absolute Gasteiger partial charge is 0.496 e. The van der Waals surface area contributed by atoms with Crippen LogP contribution in [0.3, 0.4) is 0 Å². The van der Waals surface area contributed by atoms with Gasteiger partial charge in [0.25, 0.3) is 0 Å². The molecule has 0 unspecified atom stereocenters. The van der Waals surface area contributed by atoms with Crippen LogP contribution < -0.4 is 10.1 Å². The van der Waals surface area contributed by atoms with Crippen molar-refractivity contribution >= 4 is 22.4 Å². The van der Waals surface area contributed by atoms with E-state index in [9.17, 15) is 4.79 Å². The van der Waals surface area contributed by atoms with Gasteiger partial charge in [0.05, 0.1) is 7.11 Å². The summed E-state index contributed by atoms with van der Waals surface area (Å²) in [6.45, 7) is 5.63. The molecule has 0 spiro atoms. The smallest absolute Gasteiger partial charge is 0.244 e. The molecular formula is C23H32N2O3. The number of benzene rings is 1. The number of methoxy groups -OCH3 is 1. The number of amides is 1. The zero-order chi connectivity index (χ0) is 20.3. The van der Waals surface area contributed by atoms with E-state index in [0.29, 0.717) is 6.54 Å². The van der Waals surface area contributed by atoms with Crippen LogP contribution in [0.25, 0.3) is 16.5 Å². The van der Waals surface area contributed by atoms with Crippen molar-refractivity contribution in [2.75, 3.05) is 34.3 Å². The van der Waals surface area contributed by atoms with Crippen molar-refractivity contribution in [3.8, 4) is 5.75 Å². The average molecular weight is 385 g/mol. The third-order valence-corrected chi connectivity index (χ3v) is 5.48. The van der Waals surface area contributed by atoms with Gasteiger partial charge in [-0.2, -0.15) is 0 Å². The second kappa shape index (κ2) is 8.82. The third kappa shape index (κ3) is 4.25. The van der Waals surface area contributed by atoms with Gasteiger partial charge in [-0.25, -0.2) is 0 Å².